The van der Waals surface area contributed by atoms with Crippen molar-refractivity contribution in [2.75, 3.05) is 6.26 Å². The van der Waals surface area contributed by atoms with Gasteiger partial charge in [-0.1, -0.05) is 31.8 Å². The Morgan fingerprint density at radius 1 is 1.37 bits per heavy atom. The van der Waals surface area contributed by atoms with E-state index in [1.807, 2.05) is 6.07 Å². The third-order valence-corrected chi connectivity index (χ3v) is 2.97. The van der Waals surface area contributed by atoms with Gasteiger partial charge < -0.3 is 0 Å². The van der Waals surface area contributed by atoms with Gasteiger partial charge in [0.05, 0.1) is 6.26 Å². The zero-order valence-corrected chi connectivity index (χ0v) is 12.1. The van der Waals surface area contributed by atoms with Gasteiger partial charge in [0, 0.05) is 6.20 Å². The van der Waals surface area contributed by atoms with Crippen LogP contribution in [-0.2, 0) is 14.3 Å². The Hall–Kier alpha value is -1.38. The molecule has 0 aromatic carbocycles. The van der Waals surface area contributed by atoms with E-state index >= 15 is 0 Å². The molecule has 0 aliphatic carbocycles. The Morgan fingerprint density at radius 3 is 2.74 bits per heavy atom. The highest BCUT2D eigenvalue weighted by molar-refractivity contribution is 7.86. The number of aromatic nitrogens is 1. The topological polar surface area (TPSA) is 56.3 Å². The molecule has 1 aromatic heterocycles. The maximum absolute atomic E-state index is 11.2. The Morgan fingerprint density at radius 2 is 2.16 bits per heavy atom. The highest BCUT2D eigenvalue weighted by Gasteiger charge is 2.12. The molecule has 0 bridgehead atoms. The van der Waals surface area contributed by atoms with Crippen LogP contribution in [0.4, 0.5) is 0 Å². The SMILES string of the molecule is CCCCCC(C#Cc1ccccn1)OS(C)(=O)=O. The first kappa shape index (κ1) is 15.7. The summed E-state index contributed by atoms with van der Waals surface area (Å²) in [5, 5.41) is 0. The van der Waals surface area contributed by atoms with Gasteiger partial charge in [-0.15, -0.1) is 0 Å². The van der Waals surface area contributed by atoms with Gasteiger partial charge in [0.15, 0.2) is 0 Å². The van der Waals surface area contributed by atoms with Gasteiger partial charge in [0.25, 0.3) is 10.1 Å². The van der Waals surface area contributed by atoms with Crippen LogP contribution in [0.2, 0.25) is 0 Å². The van der Waals surface area contributed by atoms with Crippen molar-refractivity contribution in [2.24, 2.45) is 0 Å². The smallest absolute Gasteiger partial charge is 0.254 e. The fourth-order valence-corrected chi connectivity index (χ4v) is 2.09. The molecule has 0 spiro atoms. The second-order valence-corrected chi connectivity index (χ2v) is 5.87. The summed E-state index contributed by atoms with van der Waals surface area (Å²) in [6.07, 6.45) is 5.71. The van der Waals surface area contributed by atoms with Gasteiger partial charge in [-0.05, 0) is 30.9 Å². The summed E-state index contributed by atoms with van der Waals surface area (Å²) < 4.78 is 27.3. The van der Waals surface area contributed by atoms with E-state index in [4.69, 9.17) is 4.18 Å². The molecule has 1 atom stereocenters. The van der Waals surface area contributed by atoms with Crippen molar-refractivity contribution < 1.29 is 12.6 Å². The lowest BCUT2D eigenvalue weighted by molar-refractivity contribution is 0.251. The Balaban J connectivity index is 2.71. The molecule has 0 fully saturated rings. The van der Waals surface area contributed by atoms with Crippen molar-refractivity contribution in [1.82, 2.24) is 4.98 Å². The monoisotopic (exact) mass is 281 g/mol. The highest BCUT2D eigenvalue weighted by atomic mass is 32.2. The minimum Gasteiger partial charge on any atom is -0.254 e. The van der Waals surface area contributed by atoms with Crippen LogP contribution in [0.3, 0.4) is 0 Å². The van der Waals surface area contributed by atoms with Gasteiger partial charge in [-0.2, -0.15) is 8.42 Å². The van der Waals surface area contributed by atoms with Crippen LogP contribution in [0.5, 0.6) is 0 Å². The van der Waals surface area contributed by atoms with Crippen LogP contribution < -0.4 is 0 Å². The number of pyridine rings is 1. The minimum absolute atomic E-state index is 0.594. The molecule has 0 aliphatic heterocycles. The third-order valence-electron chi connectivity index (χ3n) is 2.39. The number of nitrogens with zero attached hydrogens (tertiary/aromatic N) is 1. The number of hydrogen-bond acceptors (Lipinski definition) is 4. The van der Waals surface area contributed by atoms with Crippen LogP contribution >= 0.6 is 0 Å². The van der Waals surface area contributed by atoms with E-state index in [9.17, 15) is 8.42 Å². The van der Waals surface area contributed by atoms with Crippen molar-refractivity contribution in [2.45, 2.75) is 38.7 Å². The summed E-state index contributed by atoms with van der Waals surface area (Å²) in [5.41, 5.74) is 0.611. The summed E-state index contributed by atoms with van der Waals surface area (Å²) >= 11 is 0. The molecule has 0 saturated carbocycles. The molecule has 0 N–H and O–H groups in total. The van der Waals surface area contributed by atoms with E-state index in [1.165, 1.54) is 0 Å². The average Bonchev–Trinajstić information content (AvgIpc) is 2.36. The van der Waals surface area contributed by atoms with Crippen LogP contribution in [-0.4, -0.2) is 25.8 Å². The average molecular weight is 281 g/mol. The molecule has 1 aromatic rings. The maximum atomic E-state index is 11.2. The summed E-state index contributed by atoms with van der Waals surface area (Å²) in [7, 11) is -3.49. The van der Waals surface area contributed by atoms with Gasteiger partial charge >= 0.3 is 0 Å². The largest absolute Gasteiger partial charge is 0.265 e. The summed E-state index contributed by atoms with van der Waals surface area (Å²) in [6.45, 7) is 2.09. The number of unbranched alkanes of at least 4 members (excludes halogenated alkanes) is 2. The van der Waals surface area contributed by atoms with Crippen molar-refractivity contribution in [3.05, 3.63) is 30.1 Å². The van der Waals surface area contributed by atoms with E-state index in [0.717, 1.165) is 25.5 Å². The van der Waals surface area contributed by atoms with E-state index in [2.05, 4.69) is 23.7 Å². The van der Waals surface area contributed by atoms with Gasteiger partial charge in [0.1, 0.15) is 11.8 Å². The molecule has 1 unspecified atom stereocenters. The molecule has 0 aliphatic rings. The second-order valence-electron chi connectivity index (χ2n) is 4.27. The van der Waals surface area contributed by atoms with Gasteiger partial charge in [0.2, 0.25) is 0 Å². The van der Waals surface area contributed by atoms with E-state index < -0.39 is 16.2 Å². The van der Waals surface area contributed by atoms with E-state index in [0.29, 0.717) is 12.1 Å². The predicted octanol–water partition coefficient (Wildman–Crippen LogP) is 2.36. The Labute approximate surface area is 115 Å². The first-order valence-electron chi connectivity index (χ1n) is 6.32. The zero-order chi connectivity index (χ0) is 14.1. The maximum Gasteiger partial charge on any atom is 0.265 e. The van der Waals surface area contributed by atoms with Crippen LogP contribution in [0.1, 0.15) is 38.3 Å². The highest BCUT2D eigenvalue weighted by Crippen LogP contribution is 2.08. The Kier molecular flexibility index (Phi) is 6.54. The quantitative estimate of drug-likeness (QED) is 0.456. The normalized spacial score (nSPS) is 12.5. The third kappa shape index (κ3) is 7.60. The molecule has 19 heavy (non-hydrogen) atoms. The summed E-state index contributed by atoms with van der Waals surface area (Å²) in [6, 6.07) is 5.41. The summed E-state index contributed by atoms with van der Waals surface area (Å²) in [4.78, 5) is 4.07. The van der Waals surface area contributed by atoms with Crippen molar-refractivity contribution in [1.29, 1.82) is 0 Å². The van der Waals surface area contributed by atoms with E-state index in [1.54, 1.807) is 18.3 Å². The fraction of sp³-hybridized carbons (Fsp3) is 0.500. The van der Waals surface area contributed by atoms with Crippen molar-refractivity contribution in [3.63, 3.8) is 0 Å². The molecule has 0 amide bonds. The molecule has 1 rings (SSSR count). The van der Waals surface area contributed by atoms with Gasteiger partial charge in [-0.25, -0.2) is 4.98 Å². The molecular weight excluding hydrogens is 262 g/mol. The van der Waals surface area contributed by atoms with Crippen LogP contribution in [0.25, 0.3) is 0 Å². The lowest BCUT2D eigenvalue weighted by Gasteiger charge is -2.09. The van der Waals surface area contributed by atoms with Crippen LogP contribution in [0, 0.1) is 11.8 Å². The molecule has 4 nitrogen and oxygen atoms in total. The molecule has 1 heterocycles. The zero-order valence-electron chi connectivity index (χ0n) is 11.3. The Bertz CT molecular complexity index is 529. The van der Waals surface area contributed by atoms with E-state index in [-0.39, 0.29) is 0 Å². The molecule has 0 saturated heterocycles. The first-order valence-corrected chi connectivity index (χ1v) is 8.13. The van der Waals surface area contributed by atoms with Crippen LogP contribution in [0.15, 0.2) is 24.4 Å². The summed E-state index contributed by atoms with van der Waals surface area (Å²) in [5.74, 6) is 5.68. The number of rotatable bonds is 6. The predicted molar refractivity (Wildman–Crippen MR) is 75.0 cm³/mol. The van der Waals surface area contributed by atoms with Crippen molar-refractivity contribution >= 4 is 10.1 Å². The molecular formula is C14H19NO3S. The lowest BCUT2D eigenvalue weighted by atomic mass is 10.1. The lowest BCUT2D eigenvalue weighted by Crippen LogP contribution is -2.15. The first-order chi connectivity index (χ1) is 9.01. The minimum atomic E-state index is -3.49. The van der Waals surface area contributed by atoms with Gasteiger partial charge in [-0.3, -0.25) is 4.18 Å². The number of hydrogen-bond donors (Lipinski definition) is 0. The molecule has 0 radical (unpaired) electrons. The van der Waals surface area contributed by atoms with Crippen molar-refractivity contribution in [3.8, 4) is 11.8 Å². The molecule has 104 valence electrons. The molecule has 5 heteroatoms. The standard InChI is InChI=1S/C14H19NO3S/c1-3-4-5-9-14(18-19(2,16)17)11-10-13-8-6-7-12-15-13/h6-8,12,14H,3-5,9H2,1-2H3. The fourth-order valence-electron chi connectivity index (χ4n) is 1.53. The second kappa shape index (κ2) is 7.93.